The topological polar surface area (TPSA) is 60.2 Å². The van der Waals surface area contributed by atoms with Crippen LogP contribution in [0, 0.1) is 0 Å². The van der Waals surface area contributed by atoms with Crippen LogP contribution in [0.5, 0.6) is 0 Å². The number of rotatable bonds is 8. The first-order chi connectivity index (χ1) is 8.57. The molecular weight excluding hydrogens is 226 g/mol. The molecule has 1 atom stereocenters. The summed E-state index contributed by atoms with van der Waals surface area (Å²) in [6.07, 6.45) is 7.71. The number of hydrogen-bond acceptors (Lipinski definition) is 4. The molecule has 0 saturated carbocycles. The van der Waals surface area contributed by atoms with Crippen molar-refractivity contribution in [3.8, 4) is 0 Å². The van der Waals surface area contributed by atoms with Crippen LogP contribution in [-0.4, -0.2) is 23.7 Å². The number of hydrogen-bond donors (Lipinski definition) is 2. The SMILES string of the molecule is COC(C)(C)CCC(CCc1ccncc1)NN. The number of aryl methyl sites for hydroxylation is 1. The summed E-state index contributed by atoms with van der Waals surface area (Å²) in [6.45, 7) is 4.20. The zero-order valence-corrected chi connectivity index (χ0v) is 11.6. The highest BCUT2D eigenvalue weighted by Gasteiger charge is 2.18. The van der Waals surface area contributed by atoms with E-state index in [9.17, 15) is 0 Å². The molecule has 18 heavy (non-hydrogen) atoms. The largest absolute Gasteiger partial charge is 0.379 e. The molecule has 1 aromatic heterocycles. The molecule has 1 heterocycles. The molecule has 4 heteroatoms. The predicted octanol–water partition coefficient (Wildman–Crippen LogP) is 2.05. The van der Waals surface area contributed by atoms with Crippen molar-refractivity contribution in [2.45, 2.75) is 51.2 Å². The minimum Gasteiger partial charge on any atom is -0.379 e. The Morgan fingerprint density at radius 2 is 2.00 bits per heavy atom. The van der Waals surface area contributed by atoms with Crippen LogP contribution in [0.3, 0.4) is 0 Å². The zero-order valence-electron chi connectivity index (χ0n) is 11.6. The molecule has 3 N–H and O–H groups in total. The zero-order chi connectivity index (χ0) is 13.4. The third kappa shape index (κ3) is 5.58. The van der Waals surface area contributed by atoms with E-state index in [4.69, 9.17) is 10.6 Å². The van der Waals surface area contributed by atoms with Crippen LogP contribution in [0.1, 0.15) is 38.7 Å². The molecule has 102 valence electrons. The Labute approximate surface area is 110 Å². The number of nitrogens with zero attached hydrogens (tertiary/aromatic N) is 1. The van der Waals surface area contributed by atoms with Gasteiger partial charge in [0.25, 0.3) is 0 Å². The van der Waals surface area contributed by atoms with Crippen LogP contribution in [0.2, 0.25) is 0 Å². The van der Waals surface area contributed by atoms with Gasteiger partial charge in [0.2, 0.25) is 0 Å². The molecule has 1 unspecified atom stereocenters. The van der Waals surface area contributed by atoms with Crippen LogP contribution in [-0.2, 0) is 11.2 Å². The van der Waals surface area contributed by atoms with Gasteiger partial charge < -0.3 is 4.74 Å². The smallest absolute Gasteiger partial charge is 0.0623 e. The maximum Gasteiger partial charge on any atom is 0.0623 e. The van der Waals surface area contributed by atoms with Crippen LogP contribution in [0.4, 0.5) is 0 Å². The van der Waals surface area contributed by atoms with Gasteiger partial charge in [0.1, 0.15) is 0 Å². The van der Waals surface area contributed by atoms with Gasteiger partial charge in [-0.15, -0.1) is 0 Å². The number of methoxy groups -OCH3 is 1. The fourth-order valence-corrected chi connectivity index (χ4v) is 1.83. The maximum atomic E-state index is 5.60. The highest BCUT2D eigenvalue weighted by molar-refractivity contribution is 5.09. The summed E-state index contributed by atoms with van der Waals surface area (Å²) >= 11 is 0. The highest BCUT2D eigenvalue weighted by Crippen LogP contribution is 2.18. The summed E-state index contributed by atoms with van der Waals surface area (Å²) in [5.74, 6) is 5.60. The Hall–Kier alpha value is -0.970. The van der Waals surface area contributed by atoms with Crippen molar-refractivity contribution in [3.05, 3.63) is 30.1 Å². The van der Waals surface area contributed by atoms with E-state index in [2.05, 4.69) is 24.3 Å². The summed E-state index contributed by atoms with van der Waals surface area (Å²) in [6, 6.07) is 4.42. The van der Waals surface area contributed by atoms with Gasteiger partial charge in [0.05, 0.1) is 5.60 Å². The van der Waals surface area contributed by atoms with E-state index in [-0.39, 0.29) is 5.60 Å². The predicted molar refractivity (Wildman–Crippen MR) is 74.0 cm³/mol. The molecule has 0 saturated heterocycles. The lowest BCUT2D eigenvalue weighted by atomic mass is 9.96. The first kappa shape index (κ1) is 15.1. The van der Waals surface area contributed by atoms with E-state index in [1.807, 2.05) is 24.5 Å². The van der Waals surface area contributed by atoms with Crippen LogP contribution < -0.4 is 11.3 Å². The van der Waals surface area contributed by atoms with E-state index in [1.54, 1.807) is 7.11 Å². The number of nitrogens with one attached hydrogen (secondary N) is 1. The number of pyridine rings is 1. The Kier molecular flexibility index (Phi) is 6.25. The molecule has 0 aliphatic carbocycles. The molecule has 0 aliphatic rings. The number of nitrogens with two attached hydrogens (primary N) is 1. The van der Waals surface area contributed by atoms with Crippen LogP contribution in [0.15, 0.2) is 24.5 Å². The van der Waals surface area contributed by atoms with Gasteiger partial charge in [0.15, 0.2) is 0 Å². The summed E-state index contributed by atoms with van der Waals surface area (Å²) in [5.41, 5.74) is 4.12. The molecule has 1 rings (SSSR count). The lowest BCUT2D eigenvalue weighted by molar-refractivity contribution is 0.0115. The molecular formula is C14H25N3O. The highest BCUT2D eigenvalue weighted by atomic mass is 16.5. The van der Waals surface area contributed by atoms with Crippen molar-refractivity contribution in [3.63, 3.8) is 0 Å². The monoisotopic (exact) mass is 251 g/mol. The summed E-state index contributed by atoms with van der Waals surface area (Å²) < 4.78 is 5.42. The minimum absolute atomic E-state index is 0.0776. The normalized spacial score (nSPS) is 13.6. The van der Waals surface area contributed by atoms with Gasteiger partial charge >= 0.3 is 0 Å². The fraction of sp³-hybridized carbons (Fsp3) is 0.643. The molecule has 0 spiro atoms. The fourth-order valence-electron chi connectivity index (χ4n) is 1.83. The van der Waals surface area contributed by atoms with Crippen LogP contribution >= 0.6 is 0 Å². The van der Waals surface area contributed by atoms with Gasteiger partial charge in [0, 0.05) is 25.5 Å². The molecule has 0 aromatic carbocycles. The maximum absolute atomic E-state index is 5.60. The Balaban J connectivity index is 2.34. The number of hydrazine groups is 1. The average Bonchev–Trinajstić information content (AvgIpc) is 2.40. The molecule has 0 radical (unpaired) electrons. The van der Waals surface area contributed by atoms with Crippen molar-refractivity contribution in [2.75, 3.05) is 7.11 Å². The Morgan fingerprint density at radius 3 is 2.56 bits per heavy atom. The molecule has 0 bridgehead atoms. The Morgan fingerprint density at radius 1 is 1.33 bits per heavy atom. The average molecular weight is 251 g/mol. The van der Waals surface area contributed by atoms with Gasteiger partial charge in [-0.1, -0.05) is 0 Å². The quantitative estimate of drug-likeness (QED) is 0.548. The molecule has 0 fully saturated rings. The van der Waals surface area contributed by atoms with Gasteiger partial charge in [-0.25, -0.2) is 0 Å². The first-order valence-corrected chi connectivity index (χ1v) is 6.47. The lowest BCUT2D eigenvalue weighted by Gasteiger charge is -2.25. The lowest BCUT2D eigenvalue weighted by Crippen LogP contribution is -2.37. The van der Waals surface area contributed by atoms with E-state index < -0.39 is 0 Å². The second kappa shape index (κ2) is 7.46. The van der Waals surface area contributed by atoms with E-state index in [0.717, 1.165) is 25.7 Å². The van der Waals surface area contributed by atoms with E-state index in [1.165, 1.54) is 5.56 Å². The molecule has 0 aliphatic heterocycles. The third-order valence-corrected chi connectivity index (χ3v) is 3.41. The van der Waals surface area contributed by atoms with Gasteiger partial charge in [-0.2, -0.15) is 0 Å². The molecule has 4 nitrogen and oxygen atoms in total. The third-order valence-electron chi connectivity index (χ3n) is 3.41. The minimum atomic E-state index is -0.0776. The van der Waals surface area contributed by atoms with E-state index >= 15 is 0 Å². The second-order valence-electron chi connectivity index (χ2n) is 5.26. The van der Waals surface area contributed by atoms with Crippen molar-refractivity contribution in [1.82, 2.24) is 10.4 Å². The number of aromatic nitrogens is 1. The summed E-state index contributed by atoms with van der Waals surface area (Å²) in [7, 11) is 1.75. The summed E-state index contributed by atoms with van der Waals surface area (Å²) in [5, 5.41) is 0. The van der Waals surface area contributed by atoms with E-state index in [0.29, 0.717) is 6.04 Å². The summed E-state index contributed by atoms with van der Waals surface area (Å²) in [4.78, 5) is 4.02. The molecule has 0 amide bonds. The van der Waals surface area contributed by atoms with Crippen LogP contribution in [0.25, 0.3) is 0 Å². The van der Waals surface area contributed by atoms with Crippen molar-refractivity contribution >= 4 is 0 Å². The standard InChI is InChI=1S/C14H25N3O/c1-14(2,18-3)9-6-13(17-15)5-4-12-7-10-16-11-8-12/h7-8,10-11,13,17H,4-6,9,15H2,1-3H3. The second-order valence-corrected chi connectivity index (χ2v) is 5.26. The molecule has 1 aromatic rings. The van der Waals surface area contributed by atoms with Gasteiger partial charge in [-0.3, -0.25) is 16.3 Å². The Bertz CT molecular complexity index is 327. The van der Waals surface area contributed by atoms with Crippen molar-refractivity contribution in [1.29, 1.82) is 0 Å². The van der Waals surface area contributed by atoms with Crippen molar-refractivity contribution in [2.24, 2.45) is 5.84 Å². The van der Waals surface area contributed by atoms with Gasteiger partial charge in [-0.05, 0) is 57.2 Å². The van der Waals surface area contributed by atoms with Crippen molar-refractivity contribution < 1.29 is 4.74 Å². The first-order valence-electron chi connectivity index (χ1n) is 6.47. The number of ether oxygens (including phenoxy) is 1.